The van der Waals surface area contributed by atoms with Crippen molar-refractivity contribution in [1.29, 1.82) is 0 Å². The molecule has 0 fully saturated rings. The molecule has 0 aliphatic heterocycles. The number of carbonyl (C=O) groups excluding carboxylic acids is 1. The molecule has 128 valence electrons. The normalized spacial score (nSPS) is 10.5. The number of nitrogens with zero attached hydrogens (tertiary/aromatic N) is 4. The molecule has 0 amide bonds. The van der Waals surface area contributed by atoms with Crippen LogP contribution >= 0.6 is 0 Å². The van der Waals surface area contributed by atoms with Gasteiger partial charge in [-0.3, -0.25) is 0 Å². The quantitative estimate of drug-likeness (QED) is 0.694. The number of pyridine rings is 1. The summed E-state index contributed by atoms with van der Waals surface area (Å²) in [4.78, 5) is 17.5. The van der Waals surface area contributed by atoms with Gasteiger partial charge in [-0.2, -0.15) is 0 Å². The maximum Gasteiger partial charge on any atom is 0.362 e. The summed E-state index contributed by atoms with van der Waals surface area (Å²) >= 11 is 0. The van der Waals surface area contributed by atoms with E-state index in [1.807, 2.05) is 0 Å². The van der Waals surface area contributed by atoms with Crippen molar-refractivity contribution in [1.82, 2.24) is 20.0 Å². The Hall–Kier alpha value is -3.29. The molecule has 0 atom stereocenters. The molecule has 0 saturated heterocycles. The van der Waals surface area contributed by atoms with E-state index in [0.717, 1.165) is 5.56 Å². The van der Waals surface area contributed by atoms with Gasteiger partial charge < -0.3 is 10.1 Å². The van der Waals surface area contributed by atoms with Crippen molar-refractivity contribution in [2.75, 3.05) is 11.9 Å². The minimum absolute atomic E-state index is 0.0645. The van der Waals surface area contributed by atoms with Crippen LogP contribution in [0.1, 0.15) is 23.0 Å². The van der Waals surface area contributed by atoms with Crippen molar-refractivity contribution in [3.05, 3.63) is 65.7 Å². The predicted octanol–water partition coefficient (Wildman–Crippen LogP) is 2.59. The molecule has 0 radical (unpaired) electrons. The third-order valence-electron chi connectivity index (χ3n) is 3.31. The summed E-state index contributed by atoms with van der Waals surface area (Å²) in [6, 6.07) is 11.3. The molecule has 25 heavy (non-hydrogen) atoms. The highest BCUT2D eigenvalue weighted by Gasteiger charge is 2.20. The third-order valence-corrected chi connectivity index (χ3v) is 3.31. The van der Waals surface area contributed by atoms with Gasteiger partial charge in [-0.15, -0.1) is 15.0 Å². The Morgan fingerprint density at radius 1 is 1.20 bits per heavy atom. The molecule has 1 N–H and O–H groups in total. The lowest BCUT2D eigenvalue weighted by Crippen LogP contribution is -2.10. The minimum Gasteiger partial charge on any atom is -0.461 e. The molecule has 1 aromatic carbocycles. The van der Waals surface area contributed by atoms with Crippen molar-refractivity contribution in [2.24, 2.45) is 0 Å². The minimum atomic E-state index is -0.578. The van der Waals surface area contributed by atoms with Crippen LogP contribution in [-0.4, -0.2) is 32.6 Å². The van der Waals surface area contributed by atoms with Crippen molar-refractivity contribution < 1.29 is 13.9 Å². The number of aromatic nitrogens is 4. The van der Waals surface area contributed by atoms with Gasteiger partial charge in [0.05, 0.1) is 6.61 Å². The largest absolute Gasteiger partial charge is 0.461 e. The average Bonchev–Trinajstić information content (AvgIpc) is 3.07. The zero-order valence-electron chi connectivity index (χ0n) is 13.5. The first-order chi connectivity index (χ1) is 12.2. The van der Waals surface area contributed by atoms with Crippen LogP contribution in [0, 0.1) is 5.82 Å². The Bertz CT molecular complexity index is 849. The number of benzene rings is 1. The molecular weight excluding hydrogens is 325 g/mol. The van der Waals surface area contributed by atoms with E-state index in [2.05, 4.69) is 20.5 Å². The monoisotopic (exact) mass is 341 g/mol. The van der Waals surface area contributed by atoms with Gasteiger partial charge in [0.2, 0.25) is 5.69 Å². The van der Waals surface area contributed by atoms with Crippen LogP contribution in [-0.2, 0) is 11.3 Å². The highest BCUT2D eigenvalue weighted by atomic mass is 19.1. The molecule has 0 bridgehead atoms. The molecule has 2 heterocycles. The number of nitrogens with one attached hydrogen (secondary N) is 1. The first kappa shape index (κ1) is 16.6. The smallest absolute Gasteiger partial charge is 0.362 e. The Labute approximate surface area is 143 Å². The first-order valence-corrected chi connectivity index (χ1v) is 7.71. The van der Waals surface area contributed by atoms with Crippen LogP contribution < -0.4 is 5.32 Å². The van der Waals surface area contributed by atoms with Crippen LogP contribution in [0.15, 0.2) is 48.7 Å². The number of hydrogen-bond donors (Lipinski definition) is 1. The van der Waals surface area contributed by atoms with E-state index < -0.39 is 5.97 Å². The number of halogens is 1. The maximum atomic E-state index is 13.0. The Kier molecular flexibility index (Phi) is 4.98. The van der Waals surface area contributed by atoms with E-state index in [9.17, 15) is 9.18 Å². The van der Waals surface area contributed by atoms with Crippen molar-refractivity contribution in [3.8, 4) is 5.82 Å². The van der Waals surface area contributed by atoms with Crippen LogP contribution in [0.3, 0.4) is 0 Å². The van der Waals surface area contributed by atoms with E-state index in [1.165, 1.54) is 16.9 Å². The number of hydrogen-bond acceptors (Lipinski definition) is 6. The fraction of sp³-hybridized carbons (Fsp3) is 0.176. The lowest BCUT2D eigenvalue weighted by atomic mass is 10.2. The van der Waals surface area contributed by atoms with E-state index >= 15 is 0 Å². The van der Waals surface area contributed by atoms with Gasteiger partial charge in [0.25, 0.3) is 0 Å². The summed E-state index contributed by atoms with van der Waals surface area (Å²) in [6.07, 6.45) is 1.61. The number of carbonyl (C=O) groups is 1. The fourth-order valence-electron chi connectivity index (χ4n) is 2.13. The molecule has 2 aromatic heterocycles. The molecule has 3 rings (SSSR count). The Morgan fingerprint density at radius 3 is 2.68 bits per heavy atom. The molecular formula is C17H16FN5O2. The van der Waals surface area contributed by atoms with E-state index in [-0.39, 0.29) is 23.9 Å². The summed E-state index contributed by atoms with van der Waals surface area (Å²) in [5.41, 5.74) is 0.901. The number of rotatable bonds is 6. The Balaban J connectivity index is 1.86. The zero-order valence-corrected chi connectivity index (χ0v) is 13.5. The molecule has 0 aliphatic carbocycles. The second-order valence-electron chi connectivity index (χ2n) is 5.08. The third kappa shape index (κ3) is 3.97. The van der Waals surface area contributed by atoms with Crippen molar-refractivity contribution in [3.63, 3.8) is 0 Å². The standard InChI is InChI=1S/C17H16FN5O2/c1-2-25-17(24)15-16(20-11-12-6-8-13(18)9-7-12)22-23(21-15)14-5-3-4-10-19-14/h3-10H,2,11H2,1H3,(H,20,22). The van der Waals surface area contributed by atoms with Crippen LogP contribution in [0.25, 0.3) is 5.82 Å². The second-order valence-corrected chi connectivity index (χ2v) is 5.08. The van der Waals surface area contributed by atoms with Crippen molar-refractivity contribution >= 4 is 11.8 Å². The van der Waals surface area contributed by atoms with E-state index in [1.54, 1.807) is 43.5 Å². The van der Waals surface area contributed by atoms with Gasteiger partial charge in [-0.25, -0.2) is 14.2 Å². The van der Waals surface area contributed by atoms with Gasteiger partial charge in [0.15, 0.2) is 11.6 Å². The molecule has 0 saturated carbocycles. The topological polar surface area (TPSA) is 81.9 Å². The highest BCUT2D eigenvalue weighted by molar-refractivity contribution is 5.92. The summed E-state index contributed by atoms with van der Waals surface area (Å²) in [5, 5.41) is 11.5. The van der Waals surface area contributed by atoms with Gasteiger partial charge in [-0.05, 0) is 36.8 Å². The SMILES string of the molecule is CCOC(=O)c1nn(-c2ccccn2)nc1NCc1ccc(F)cc1. The summed E-state index contributed by atoms with van der Waals surface area (Å²) in [5.74, 6) is -0.139. The van der Waals surface area contributed by atoms with Gasteiger partial charge in [0.1, 0.15) is 5.82 Å². The zero-order chi connectivity index (χ0) is 17.6. The number of ether oxygens (including phenoxy) is 1. The summed E-state index contributed by atoms with van der Waals surface area (Å²) in [6.45, 7) is 2.30. The lowest BCUT2D eigenvalue weighted by molar-refractivity contribution is 0.0520. The summed E-state index contributed by atoms with van der Waals surface area (Å²) < 4.78 is 18.0. The average molecular weight is 341 g/mol. The lowest BCUT2D eigenvalue weighted by Gasteiger charge is -2.04. The molecule has 0 aliphatic rings. The maximum absolute atomic E-state index is 13.0. The second kappa shape index (κ2) is 7.52. The fourth-order valence-corrected chi connectivity index (χ4v) is 2.13. The van der Waals surface area contributed by atoms with E-state index in [4.69, 9.17) is 4.74 Å². The van der Waals surface area contributed by atoms with Crippen molar-refractivity contribution in [2.45, 2.75) is 13.5 Å². The first-order valence-electron chi connectivity index (χ1n) is 7.71. The molecule has 3 aromatic rings. The molecule has 0 unspecified atom stereocenters. The molecule has 7 nitrogen and oxygen atoms in total. The Morgan fingerprint density at radius 2 is 2.00 bits per heavy atom. The number of esters is 1. The number of anilines is 1. The highest BCUT2D eigenvalue weighted by Crippen LogP contribution is 2.15. The van der Waals surface area contributed by atoms with Crippen LogP contribution in [0.4, 0.5) is 10.2 Å². The van der Waals surface area contributed by atoms with Gasteiger partial charge in [-0.1, -0.05) is 18.2 Å². The predicted molar refractivity (Wildman–Crippen MR) is 88.8 cm³/mol. The van der Waals surface area contributed by atoms with Crippen LogP contribution in [0.2, 0.25) is 0 Å². The molecule has 8 heteroatoms. The molecule has 0 spiro atoms. The van der Waals surface area contributed by atoms with E-state index in [0.29, 0.717) is 12.4 Å². The van der Waals surface area contributed by atoms with Crippen LogP contribution in [0.5, 0.6) is 0 Å². The van der Waals surface area contributed by atoms with Gasteiger partial charge >= 0.3 is 5.97 Å². The van der Waals surface area contributed by atoms with Gasteiger partial charge in [0, 0.05) is 12.7 Å². The summed E-state index contributed by atoms with van der Waals surface area (Å²) in [7, 11) is 0.